The fourth-order valence-electron chi connectivity index (χ4n) is 5.13. The summed E-state index contributed by atoms with van der Waals surface area (Å²) < 4.78 is 4.62. The van der Waals surface area contributed by atoms with E-state index in [1.807, 2.05) is 0 Å². The molecule has 0 bridgehead atoms. The summed E-state index contributed by atoms with van der Waals surface area (Å²) in [7, 11) is 0. The Hall–Kier alpha value is -4.18. The Labute approximate surface area is 184 Å². The van der Waals surface area contributed by atoms with Gasteiger partial charge in [-0.3, -0.25) is 8.80 Å². The van der Waals surface area contributed by atoms with E-state index in [-0.39, 0.29) is 0 Å². The lowest BCUT2D eigenvalue weighted by atomic mass is 10.1. The van der Waals surface area contributed by atoms with E-state index >= 15 is 0 Å². The minimum absolute atomic E-state index is 0.967. The lowest BCUT2D eigenvalue weighted by molar-refractivity contribution is 1.26. The number of aryl methyl sites for hydroxylation is 2. The maximum absolute atomic E-state index is 5.15. The Morgan fingerprint density at radius 2 is 0.875 bits per heavy atom. The molecule has 7 aromatic rings. The van der Waals surface area contributed by atoms with Gasteiger partial charge < -0.3 is 0 Å². The lowest BCUT2D eigenvalue weighted by Crippen LogP contribution is -1.96. The van der Waals surface area contributed by atoms with Gasteiger partial charge >= 0.3 is 0 Å². The zero-order chi connectivity index (χ0) is 21.4. The molecule has 0 unspecified atom stereocenters. The van der Waals surface area contributed by atoms with E-state index in [0.29, 0.717) is 0 Å². The fraction of sp³-hybridized carbons (Fsp3) is 0.0714. The third kappa shape index (κ3) is 2.16. The lowest BCUT2D eigenvalue weighted by Gasteiger charge is -2.10. The third-order valence-corrected chi connectivity index (χ3v) is 6.55. The Morgan fingerprint density at radius 1 is 0.469 bits per heavy atom. The molecular formula is C28H20N4. The van der Waals surface area contributed by atoms with Gasteiger partial charge in [-0.05, 0) is 61.4 Å². The monoisotopic (exact) mass is 412 g/mol. The number of hydrogen-bond acceptors (Lipinski definition) is 2. The van der Waals surface area contributed by atoms with Crippen LogP contribution >= 0.6 is 0 Å². The van der Waals surface area contributed by atoms with Gasteiger partial charge in [0, 0.05) is 10.8 Å². The zero-order valence-electron chi connectivity index (χ0n) is 17.9. The second kappa shape index (κ2) is 6.17. The van der Waals surface area contributed by atoms with Crippen molar-refractivity contribution in [3.8, 4) is 0 Å². The van der Waals surface area contributed by atoms with Gasteiger partial charge in [0.15, 0.2) is 0 Å². The second-order valence-corrected chi connectivity index (χ2v) is 8.46. The van der Waals surface area contributed by atoms with E-state index in [2.05, 4.69) is 108 Å². The van der Waals surface area contributed by atoms with Gasteiger partial charge in [0.25, 0.3) is 0 Å². The minimum Gasteiger partial charge on any atom is -0.292 e. The average Bonchev–Trinajstić information content (AvgIpc) is 3.36. The van der Waals surface area contributed by atoms with Crippen molar-refractivity contribution >= 4 is 55.2 Å². The molecule has 4 nitrogen and oxygen atoms in total. The van der Waals surface area contributed by atoms with Crippen LogP contribution in [0.25, 0.3) is 55.2 Å². The molecule has 0 spiro atoms. The molecule has 32 heavy (non-hydrogen) atoms. The van der Waals surface area contributed by atoms with E-state index in [4.69, 9.17) is 9.97 Å². The molecule has 4 aromatic carbocycles. The molecule has 0 saturated heterocycles. The van der Waals surface area contributed by atoms with Crippen molar-refractivity contribution in [3.05, 3.63) is 96.1 Å². The van der Waals surface area contributed by atoms with Crippen molar-refractivity contribution in [1.82, 2.24) is 18.8 Å². The Balaban J connectivity index is 2.01. The number of rotatable bonds is 0. The average molecular weight is 412 g/mol. The summed E-state index contributed by atoms with van der Waals surface area (Å²) >= 11 is 0. The molecule has 3 aromatic heterocycles. The van der Waals surface area contributed by atoms with Crippen LogP contribution in [0.5, 0.6) is 0 Å². The van der Waals surface area contributed by atoms with Crippen LogP contribution in [0.15, 0.2) is 84.9 Å². The molecule has 0 aliphatic heterocycles. The first-order valence-electron chi connectivity index (χ1n) is 10.9. The summed E-state index contributed by atoms with van der Waals surface area (Å²) in [6, 6.07) is 29.7. The normalized spacial score (nSPS) is 12.1. The first-order chi connectivity index (χ1) is 15.7. The molecule has 0 aliphatic rings. The maximum Gasteiger partial charge on any atom is 0.148 e. The summed E-state index contributed by atoms with van der Waals surface area (Å²) in [4.78, 5) is 10.3. The van der Waals surface area contributed by atoms with Crippen LogP contribution in [0, 0.1) is 13.8 Å². The Kier molecular flexibility index (Phi) is 3.37. The Bertz CT molecular complexity index is 1760. The van der Waals surface area contributed by atoms with Gasteiger partial charge in [-0.25, -0.2) is 9.97 Å². The SMILES string of the molecule is Cc1cccc2c1c1nc3ccccc3n1c1cccc(C)c1c1nc3ccccc3n21. The predicted octanol–water partition coefficient (Wildman–Crippen LogP) is 6.77. The predicted molar refractivity (Wildman–Crippen MR) is 132 cm³/mol. The largest absolute Gasteiger partial charge is 0.292 e. The van der Waals surface area contributed by atoms with Crippen molar-refractivity contribution in [2.45, 2.75) is 13.8 Å². The van der Waals surface area contributed by atoms with Crippen LogP contribution in [0.4, 0.5) is 0 Å². The molecule has 3 heterocycles. The number of fused-ring (bicyclic) bond motifs is 12. The summed E-state index contributed by atoms with van der Waals surface area (Å²) in [5.41, 5.74) is 10.7. The Morgan fingerprint density at radius 3 is 1.34 bits per heavy atom. The van der Waals surface area contributed by atoms with Crippen LogP contribution in [0.3, 0.4) is 0 Å². The van der Waals surface area contributed by atoms with Gasteiger partial charge in [0.2, 0.25) is 0 Å². The van der Waals surface area contributed by atoms with E-state index in [1.54, 1.807) is 0 Å². The standard InChI is InChI=1S/C28H20N4/c1-17-9-7-15-23-25(17)27-29-19-11-3-6-14-22(19)32(27)24-16-8-10-18(2)26(24)28-30-20-12-4-5-13-21(20)31(23)28/h3-16H,1-2H3. The van der Waals surface area contributed by atoms with Crippen molar-refractivity contribution in [2.75, 3.05) is 0 Å². The van der Waals surface area contributed by atoms with Crippen molar-refractivity contribution < 1.29 is 0 Å². The van der Waals surface area contributed by atoms with Gasteiger partial charge in [-0.1, -0.05) is 48.5 Å². The third-order valence-electron chi connectivity index (χ3n) is 6.55. The number of aromatic nitrogens is 4. The molecule has 0 aliphatic carbocycles. The number of hydrogen-bond donors (Lipinski definition) is 0. The van der Waals surface area contributed by atoms with E-state index in [0.717, 1.165) is 55.2 Å². The number of para-hydroxylation sites is 4. The van der Waals surface area contributed by atoms with Crippen LogP contribution in [-0.2, 0) is 0 Å². The molecule has 0 N–H and O–H groups in total. The highest BCUT2D eigenvalue weighted by Crippen LogP contribution is 2.33. The molecule has 0 atom stereocenters. The molecule has 0 amide bonds. The van der Waals surface area contributed by atoms with Crippen molar-refractivity contribution in [3.63, 3.8) is 0 Å². The highest BCUT2D eigenvalue weighted by molar-refractivity contribution is 6.07. The first-order valence-corrected chi connectivity index (χ1v) is 10.9. The highest BCUT2D eigenvalue weighted by Gasteiger charge is 2.17. The number of nitrogens with zero attached hydrogens (tertiary/aromatic N) is 4. The first kappa shape index (κ1) is 17.5. The molecule has 152 valence electrons. The topological polar surface area (TPSA) is 34.6 Å². The molecule has 4 heteroatoms. The summed E-state index contributed by atoms with van der Waals surface area (Å²) in [6.07, 6.45) is 0. The minimum atomic E-state index is 0.967. The summed E-state index contributed by atoms with van der Waals surface area (Å²) in [5, 5.41) is 2.28. The van der Waals surface area contributed by atoms with Crippen LogP contribution in [0.1, 0.15) is 11.1 Å². The molecule has 0 radical (unpaired) electrons. The number of imidazole rings is 2. The van der Waals surface area contributed by atoms with Gasteiger partial charge in [0.05, 0.1) is 33.1 Å². The fourth-order valence-corrected chi connectivity index (χ4v) is 5.13. The molecule has 0 fully saturated rings. The van der Waals surface area contributed by atoms with Gasteiger partial charge in [-0.2, -0.15) is 0 Å². The van der Waals surface area contributed by atoms with Gasteiger partial charge in [-0.15, -0.1) is 0 Å². The molecule has 7 rings (SSSR count). The highest BCUT2D eigenvalue weighted by atomic mass is 15.1. The number of benzene rings is 4. The smallest absolute Gasteiger partial charge is 0.148 e. The van der Waals surface area contributed by atoms with Crippen molar-refractivity contribution in [1.29, 1.82) is 0 Å². The van der Waals surface area contributed by atoms with Crippen molar-refractivity contribution in [2.24, 2.45) is 0 Å². The maximum atomic E-state index is 5.15. The van der Waals surface area contributed by atoms with Crippen LogP contribution in [0.2, 0.25) is 0 Å². The van der Waals surface area contributed by atoms with Crippen LogP contribution < -0.4 is 0 Å². The van der Waals surface area contributed by atoms with E-state index in [1.165, 1.54) is 11.1 Å². The zero-order valence-corrected chi connectivity index (χ0v) is 17.9. The van der Waals surface area contributed by atoms with Crippen LogP contribution in [-0.4, -0.2) is 18.8 Å². The molecular weight excluding hydrogens is 392 g/mol. The quantitative estimate of drug-likeness (QED) is 0.275. The summed E-state index contributed by atoms with van der Waals surface area (Å²) in [6.45, 7) is 4.33. The summed E-state index contributed by atoms with van der Waals surface area (Å²) in [5.74, 6) is 0. The van der Waals surface area contributed by atoms with Gasteiger partial charge in [0.1, 0.15) is 11.3 Å². The van der Waals surface area contributed by atoms with E-state index < -0.39 is 0 Å². The molecule has 0 saturated carbocycles. The van der Waals surface area contributed by atoms with E-state index in [9.17, 15) is 0 Å². The second-order valence-electron chi connectivity index (χ2n) is 8.46.